The number of rotatable bonds is 8. The van der Waals surface area contributed by atoms with Crippen LogP contribution in [0.4, 0.5) is 13.6 Å². The Bertz CT molecular complexity index is 676. The van der Waals surface area contributed by atoms with Crippen LogP contribution in [-0.4, -0.2) is 45.8 Å². The molecule has 26 heavy (non-hydrogen) atoms. The van der Waals surface area contributed by atoms with Crippen molar-refractivity contribution in [1.82, 2.24) is 5.32 Å². The highest BCUT2D eigenvalue weighted by Crippen LogP contribution is 2.33. The monoisotopic (exact) mass is 391 g/mol. The summed E-state index contributed by atoms with van der Waals surface area (Å²) in [6, 6.07) is 8.30. The van der Waals surface area contributed by atoms with Crippen molar-refractivity contribution in [3.05, 3.63) is 35.9 Å². The second-order valence-corrected chi connectivity index (χ2v) is 8.14. The molecule has 2 rings (SSSR count). The quantitative estimate of drug-likeness (QED) is 0.689. The Labute approximate surface area is 152 Å². The van der Waals surface area contributed by atoms with Gasteiger partial charge in [0.2, 0.25) is 0 Å². The van der Waals surface area contributed by atoms with Gasteiger partial charge < -0.3 is 10.1 Å². The van der Waals surface area contributed by atoms with Gasteiger partial charge in [0, 0.05) is 0 Å². The van der Waals surface area contributed by atoms with Crippen LogP contribution >= 0.6 is 0 Å². The van der Waals surface area contributed by atoms with Crippen molar-refractivity contribution in [1.29, 1.82) is 0 Å². The fourth-order valence-corrected chi connectivity index (χ4v) is 3.34. The van der Waals surface area contributed by atoms with Crippen LogP contribution in [0.5, 0.6) is 0 Å². The van der Waals surface area contributed by atoms with E-state index in [-0.39, 0.29) is 38.4 Å². The smallest absolute Gasteiger partial charge is 0.407 e. The Morgan fingerprint density at radius 2 is 1.85 bits per heavy atom. The molecule has 1 unspecified atom stereocenters. The molecule has 9 heteroatoms. The zero-order valence-corrected chi connectivity index (χ0v) is 15.3. The Morgan fingerprint density at radius 1 is 1.23 bits per heavy atom. The van der Waals surface area contributed by atoms with Crippen molar-refractivity contribution in [3.8, 4) is 0 Å². The highest BCUT2D eigenvalue weighted by molar-refractivity contribution is 7.85. The number of amides is 1. The molecule has 0 bridgehead atoms. The van der Waals surface area contributed by atoms with Gasteiger partial charge >= 0.3 is 6.09 Å². The lowest BCUT2D eigenvalue weighted by Crippen LogP contribution is -2.40. The Morgan fingerprint density at radius 3 is 2.42 bits per heavy atom. The van der Waals surface area contributed by atoms with E-state index in [1.54, 1.807) is 24.3 Å². The van der Waals surface area contributed by atoms with E-state index in [0.717, 1.165) is 11.8 Å². The predicted molar refractivity (Wildman–Crippen MR) is 91.5 cm³/mol. The third-order valence-corrected chi connectivity index (χ3v) is 4.71. The summed E-state index contributed by atoms with van der Waals surface area (Å²) in [5.41, 5.74) is 0.794. The van der Waals surface area contributed by atoms with Crippen LogP contribution in [0.3, 0.4) is 0 Å². The molecule has 1 aromatic carbocycles. The van der Waals surface area contributed by atoms with Crippen LogP contribution in [0.15, 0.2) is 30.3 Å². The van der Waals surface area contributed by atoms with Crippen LogP contribution in [0.2, 0.25) is 0 Å². The molecule has 0 saturated heterocycles. The van der Waals surface area contributed by atoms with E-state index in [2.05, 4.69) is 5.32 Å². The van der Waals surface area contributed by atoms with Gasteiger partial charge in [-0.3, -0.25) is 4.18 Å². The maximum Gasteiger partial charge on any atom is 0.407 e. The van der Waals surface area contributed by atoms with Gasteiger partial charge in [-0.1, -0.05) is 30.3 Å². The van der Waals surface area contributed by atoms with Crippen molar-refractivity contribution < 1.29 is 30.9 Å². The number of nitrogens with one attached hydrogen (secondary N) is 1. The fourth-order valence-electron chi connectivity index (χ4n) is 2.93. The molecule has 1 aromatic rings. The number of halogens is 2. The van der Waals surface area contributed by atoms with E-state index in [1.165, 1.54) is 0 Å². The molecular weight excluding hydrogens is 368 g/mol. The highest BCUT2D eigenvalue weighted by Gasteiger charge is 2.36. The van der Waals surface area contributed by atoms with E-state index in [9.17, 15) is 22.0 Å². The third kappa shape index (κ3) is 7.25. The number of carbonyl (C=O) groups is 1. The second kappa shape index (κ2) is 9.27. The summed E-state index contributed by atoms with van der Waals surface area (Å²) in [5.74, 6) is -0.303. The number of hydrogen-bond acceptors (Lipinski definition) is 5. The summed E-state index contributed by atoms with van der Waals surface area (Å²) in [4.78, 5) is 12.0. The van der Waals surface area contributed by atoms with Crippen LogP contribution in [0, 0.1) is 5.92 Å². The molecule has 6 nitrogen and oxygen atoms in total. The van der Waals surface area contributed by atoms with Crippen LogP contribution in [-0.2, 0) is 25.6 Å². The molecule has 1 N–H and O–H groups in total. The molecule has 1 aliphatic rings. The molecule has 1 amide bonds. The lowest BCUT2D eigenvalue weighted by Gasteiger charge is -2.21. The minimum atomic E-state index is -3.71. The molecule has 1 saturated carbocycles. The summed E-state index contributed by atoms with van der Waals surface area (Å²) < 4.78 is 58.9. The molecule has 1 aliphatic carbocycles. The Kier molecular flexibility index (Phi) is 7.33. The van der Waals surface area contributed by atoms with Gasteiger partial charge in [-0.15, -0.1) is 0 Å². The fraction of sp³-hybridized carbons (Fsp3) is 0.588. The molecule has 0 aliphatic heterocycles. The second-order valence-electron chi connectivity index (χ2n) is 6.50. The van der Waals surface area contributed by atoms with E-state index in [1.807, 2.05) is 6.07 Å². The third-order valence-electron chi connectivity index (χ3n) is 4.15. The van der Waals surface area contributed by atoms with Gasteiger partial charge in [-0.2, -0.15) is 8.42 Å². The van der Waals surface area contributed by atoms with Gasteiger partial charge in [0.1, 0.15) is 19.0 Å². The summed E-state index contributed by atoms with van der Waals surface area (Å²) in [6.45, 7) is -0.265. The maximum atomic E-state index is 13.3. The van der Waals surface area contributed by atoms with Crippen molar-refractivity contribution in [2.45, 2.75) is 44.3 Å². The summed E-state index contributed by atoms with van der Waals surface area (Å²) in [6.07, 6.45) is -2.63. The largest absolute Gasteiger partial charge is 0.445 e. The molecule has 0 radical (unpaired) electrons. The SMILES string of the molecule is CS(=O)(=O)OC[C@@H](CC1C[C@@H](F)[C@@H](F)C1)NC(=O)OCc1ccccc1. The average molecular weight is 391 g/mol. The topological polar surface area (TPSA) is 81.7 Å². The van der Waals surface area contributed by atoms with E-state index in [4.69, 9.17) is 8.92 Å². The Balaban J connectivity index is 1.88. The number of hydrogen-bond donors (Lipinski definition) is 1. The molecular formula is C17H23F2NO5S. The number of carbonyl (C=O) groups excluding carboxylic acids is 1. The molecule has 4 atom stereocenters. The number of benzene rings is 1. The van der Waals surface area contributed by atoms with Gasteiger partial charge in [0.25, 0.3) is 10.1 Å². The van der Waals surface area contributed by atoms with E-state index in [0.29, 0.717) is 0 Å². The first-order chi connectivity index (χ1) is 12.2. The van der Waals surface area contributed by atoms with Crippen LogP contribution in [0.1, 0.15) is 24.8 Å². The molecule has 0 aromatic heterocycles. The van der Waals surface area contributed by atoms with Crippen LogP contribution < -0.4 is 5.32 Å². The summed E-state index contributed by atoms with van der Waals surface area (Å²) >= 11 is 0. The average Bonchev–Trinajstić information content (AvgIpc) is 2.89. The van der Waals surface area contributed by atoms with E-state index < -0.39 is 34.6 Å². The summed E-state index contributed by atoms with van der Waals surface area (Å²) in [7, 11) is -3.71. The lowest BCUT2D eigenvalue weighted by molar-refractivity contribution is 0.128. The first kappa shape index (κ1) is 20.6. The zero-order valence-electron chi connectivity index (χ0n) is 14.4. The number of alkyl carbamates (subject to hydrolysis) is 1. The minimum Gasteiger partial charge on any atom is -0.445 e. The van der Waals surface area contributed by atoms with Crippen LogP contribution in [0.25, 0.3) is 0 Å². The van der Waals surface area contributed by atoms with Crippen molar-refractivity contribution in [2.24, 2.45) is 5.92 Å². The van der Waals surface area contributed by atoms with E-state index >= 15 is 0 Å². The van der Waals surface area contributed by atoms with Gasteiger partial charge in [-0.25, -0.2) is 13.6 Å². The van der Waals surface area contributed by atoms with Crippen molar-refractivity contribution in [3.63, 3.8) is 0 Å². The Hall–Kier alpha value is -1.74. The first-order valence-electron chi connectivity index (χ1n) is 8.32. The molecule has 146 valence electrons. The lowest BCUT2D eigenvalue weighted by atomic mass is 9.99. The zero-order chi connectivity index (χ0) is 19.2. The molecule has 1 fully saturated rings. The standard InChI is InChI=1S/C17H23F2NO5S/c1-26(22,23)25-11-14(7-13-8-15(18)16(19)9-13)20-17(21)24-10-12-5-3-2-4-6-12/h2-6,13-16H,7-11H2,1H3,(H,20,21)/t13?,14-,15-,16+/m1/s1. The van der Waals surface area contributed by atoms with Crippen molar-refractivity contribution in [2.75, 3.05) is 12.9 Å². The number of ether oxygens (including phenoxy) is 1. The van der Waals surface area contributed by atoms with Gasteiger partial charge in [0.05, 0.1) is 18.9 Å². The molecule has 0 spiro atoms. The first-order valence-corrected chi connectivity index (χ1v) is 10.1. The number of alkyl halides is 2. The molecule has 0 heterocycles. The predicted octanol–water partition coefficient (Wildman–Crippen LogP) is 2.73. The maximum absolute atomic E-state index is 13.3. The van der Waals surface area contributed by atoms with Gasteiger partial charge in [-0.05, 0) is 30.7 Å². The highest BCUT2D eigenvalue weighted by atomic mass is 32.2. The normalized spacial score (nSPS) is 24.2. The summed E-state index contributed by atoms with van der Waals surface area (Å²) in [5, 5.41) is 2.52. The minimum absolute atomic E-state index is 0.0390. The van der Waals surface area contributed by atoms with Crippen molar-refractivity contribution >= 4 is 16.2 Å². The van der Waals surface area contributed by atoms with Gasteiger partial charge in [0.15, 0.2) is 0 Å².